The number of nitro groups is 1. The molecule has 0 saturated carbocycles. The average molecular weight is 279 g/mol. The molecule has 0 aliphatic rings. The Kier molecular flexibility index (Phi) is 3.52. The summed E-state index contributed by atoms with van der Waals surface area (Å²) in [5.41, 5.74) is 7.13. The van der Waals surface area contributed by atoms with Crippen molar-refractivity contribution in [2.75, 3.05) is 11.1 Å². The van der Waals surface area contributed by atoms with Gasteiger partial charge in [0.2, 0.25) is 0 Å². The summed E-state index contributed by atoms with van der Waals surface area (Å²) in [7, 11) is 0. The summed E-state index contributed by atoms with van der Waals surface area (Å²) in [6.07, 6.45) is 0. The van der Waals surface area contributed by atoms with Crippen LogP contribution < -0.4 is 11.1 Å². The molecule has 2 rings (SSSR count). The van der Waals surface area contributed by atoms with E-state index in [4.69, 9.17) is 17.3 Å². The number of pyridine rings is 1. The Labute approximate surface area is 114 Å². The van der Waals surface area contributed by atoms with Crippen LogP contribution in [0.1, 0.15) is 5.69 Å². The largest absolute Gasteiger partial charge is 0.399 e. The molecule has 0 amide bonds. The van der Waals surface area contributed by atoms with E-state index in [9.17, 15) is 10.1 Å². The molecule has 19 heavy (non-hydrogen) atoms. The van der Waals surface area contributed by atoms with Crippen LogP contribution in [0.15, 0.2) is 30.3 Å². The van der Waals surface area contributed by atoms with Crippen molar-refractivity contribution >= 4 is 34.5 Å². The maximum atomic E-state index is 10.7. The van der Waals surface area contributed by atoms with Crippen molar-refractivity contribution in [3.63, 3.8) is 0 Å². The summed E-state index contributed by atoms with van der Waals surface area (Å²) in [5, 5.41) is 14.2. The highest BCUT2D eigenvalue weighted by molar-refractivity contribution is 6.33. The molecule has 2 aromatic rings. The van der Waals surface area contributed by atoms with Crippen molar-refractivity contribution in [1.82, 2.24) is 4.98 Å². The fourth-order valence-electron chi connectivity index (χ4n) is 1.59. The number of nitrogens with one attached hydrogen (secondary N) is 1. The van der Waals surface area contributed by atoms with Gasteiger partial charge in [-0.3, -0.25) is 10.1 Å². The normalized spacial score (nSPS) is 10.2. The predicted molar refractivity (Wildman–Crippen MR) is 74.8 cm³/mol. The van der Waals surface area contributed by atoms with Gasteiger partial charge in [-0.15, -0.1) is 0 Å². The van der Waals surface area contributed by atoms with Gasteiger partial charge in [-0.1, -0.05) is 11.6 Å². The smallest absolute Gasteiger partial charge is 0.290 e. The van der Waals surface area contributed by atoms with E-state index in [2.05, 4.69) is 10.3 Å². The molecule has 0 atom stereocenters. The van der Waals surface area contributed by atoms with Crippen LogP contribution in [0.5, 0.6) is 0 Å². The van der Waals surface area contributed by atoms with Gasteiger partial charge >= 0.3 is 0 Å². The lowest BCUT2D eigenvalue weighted by atomic mass is 10.2. The number of benzene rings is 1. The van der Waals surface area contributed by atoms with Crippen LogP contribution in [-0.4, -0.2) is 9.91 Å². The van der Waals surface area contributed by atoms with E-state index in [0.29, 0.717) is 27.9 Å². The fraction of sp³-hybridized carbons (Fsp3) is 0.0833. The Balaban J connectivity index is 2.31. The number of hydrogen-bond acceptors (Lipinski definition) is 5. The van der Waals surface area contributed by atoms with E-state index in [1.165, 1.54) is 12.1 Å². The first-order valence-corrected chi connectivity index (χ1v) is 5.79. The minimum Gasteiger partial charge on any atom is -0.399 e. The molecule has 0 saturated heterocycles. The van der Waals surface area contributed by atoms with Gasteiger partial charge in [0.05, 0.1) is 15.6 Å². The Morgan fingerprint density at radius 2 is 2.11 bits per heavy atom. The summed E-state index contributed by atoms with van der Waals surface area (Å²) in [6.45, 7) is 1.57. The van der Waals surface area contributed by atoms with Crippen LogP contribution in [0.3, 0.4) is 0 Å². The monoisotopic (exact) mass is 278 g/mol. The van der Waals surface area contributed by atoms with Gasteiger partial charge in [-0.05, 0) is 31.2 Å². The number of halogens is 1. The second-order valence-electron chi connectivity index (χ2n) is 3.92. The molecule has 6 nitrogen and oxygen atoms in total. The van der Waals surface area contributed by atoms with Crippen molar-refractivity contribution in [2.24, 2.45) is 0 Å². The second-order valence-corrected chi connectivity index (χ2v) is 4.33. The molecule has 0 unspecified atom stereocenters. The van der Waals surface area contributed by atoms with Crippen LogP contribution in [0.4, 0.5) is 22.9 Å². The molecular formula is C12H11ClN4O2. The molecule has 0 aliphatic heterocycles. The number of nitrogens with two attached hydrogens (primary N) is 1. The van der Waals surface area contributed by atoms with Crippen LogP contribution in [0.25, 0.3) is 0 Å². The molecule has 0 bridgehead atoms. The third-order valence-corrected chi connectivity index (χ3v) is 2.84. The van der Waals surface area contributed by atoms with Crippen LogP contribution in [0, 0.1) is 17.0 Å². The zero-order chi connectivity index (χ0) is 14.0. The Morgan fingerprint density at radius 3 is 2.74 bits per heavy atom. The topological polar surface area (TPSA) is 94.1 Å². The summed E-state index contributed by atoms with van der Waals surface area (Å²) >= 11 is 6.01. The first-order valence-electron chi connectivity index (χ1n) is 5.41. The molecule has 0 radical (unpaired) electrons. The number of anilines is 3. The highest BCUT2D eigenvalue weighted by atomic mass is 35.5. The Morgan fingerprint density at radius 1 is 1.37 bits per heavy atom. The highest BCUT2D eigenvalue weighted by Crippen LogP contribution is 2.27. The van der Waals surface area contributed by atoms with E-state index in [1.54, 1.807) is 25.1 Å². The molecule has 1 aromatic heterocycles. The van der Waals surface area contributed by atoms with Crippen LogP contribution in [-0.2, 0) is 0 Å². The maximum Gasteiger partial charge on any atom is 0.290 e. The van der Waals surface area contributed by atoms with E-state index in [-0.39, 0.29) is 5.69 Å². The van der Waals surface area contributed by atoms with Gasteiger partial charge in [0, 0.05) is 11.8 Å². The number of aromatic nitrogens is 1. The van der Waals surface area contributed by atoms with Gasteiger partial charge in [0.25, 0.3) is 5.69 Å². The minimum absolute atomic E-state index is 0.0239. The molecule has 7 heteroatoms. The summed E-state index contributed by atoms with van der Waals surface area (Å²) in [6, 6.07) is 7.93. The first-order chi connectivity index (χ1) is 8.97. The van der Waals surface area contributed by atoms with Crippen molar-refractivity contribution in [3.05, 3.63) is 51.2 Å². The van der Waals surface area contributed by atoms with Gasteiger partial charge in [-0.2, -0.15) is 0 Å². The molecule has 1 aromatic carbocycles. The van der Waals surface area contributed by atoms with Crippen LogP contribution >= 0.6 is 11.6 Å². The number of nitrogen functional groups attached to an aromatic ring is 1. The Bertz CT molecular complexity index is 646. The lowest BCUT2D eigenvalue weighted by Gasteiger charge is -2.09. The highest BCUT2D eigenvalue weighted by Gasteiger charge is 2.12. The lowest BCUT2D eigenvalue weighted by molar-refractivity contribution is -0.385. The number of nitrogens with zero attached hydrogens (tertiary/aromatic N) is 2. The van der Waals surface area contributed by atoms with Gasteiger partial charge < -0.3 is 11.1 Å². The summed E-state index contributed by atoms with van der Waals surface area (Å²) in [4.78, 5) is 14.3. The van der Waals surface area contributed by atoms with Gasteiger partial charge in [-0.25, -0.2) is 4.98 Å². The van der Waals surface area contributed by atoms with E-state index < -0.39 is 4.92 Å². The zero-order valence-corrected chi connectivity index (χ0v) is 10.8. The fourth-order valence-corrected chi connectivity index (χ4v) is 1.76. The second kappa shape index (κ2) is 5.11. The van der Waals surface area contributed by atoms with Gasteiger partial charge in [0.1, 0.15) is 11.5 Å². The number of rotatable bonds is 3. The molecule has 0 aliphatic carbocycles. The quantitative estimate of drug-likeness (QED) is 0.510. The summed E-state index contributed by atoms with van der Waals surface area (Å²) in [5.74, 6) is 0.468. The van der Waals surface area contributed by atoms with E-state index in [1.807, 2.05) is 0 Å². The molecule has 98 valence electrons. The first kappa shape index (κ1) is 13.1. The Hall–Kier alpha value is -2.34. The van der Waals surface area contributed by atoms with Crippen molar-refractivity contribution in [1.29, 1.82) is 0 Å². The SMILES string of the molecule is Cc1nc(Nc2cc(N)ccc2Cl)ccc1[N+](=O)[O-]. The van der Waals surface area contributed by atoms with Crippen LogP contribution in [0.2, 0.25) is 5.02 Å². The van der Waals surface area contributed by atoms with E-state index in [0.717, 1.165) is 0 Å². The zero-order valence-electron chi connectivity index (χ0n) is 10.1. The third kappa shape index (κ3) is 2.92. The molecular weight excluding hydrogens is 268 g/mol. The van der Waals surface area contributed by atoms with Gasteiger partial charge in [0.15, 0.2) is 0 Å². The molecule has 1 heterocycles. The maximum absolute atomic E-state index is 10.7. The van der Waals surface area contributed by atoms with E-state index >= 15 is 0 Å². The molecule has 0 spiro atoms. The summed E-state index contributed by atoms with van der Waals surface area (Å²) < 4.78 is 0. The third-order valence-electron chi connectivity index (χ3n) is 2.51. The molecule has 3 N–H and O–H groups in total. The average Bonchev–Trinajstić information content (AvgIpc) is 2.33. The standard InChI is InChI=1S/C12H11ClN4O2/c1-7-11(17(18)19)4-5-12(15-7)16-10-6-8(14)2-3-9(10)13/h2-6H,14H2,1H3,(H,15,16). The van der Waals surface area contributed by atoms with Crippen molar-refractivity contribution in [3.8, 4) is 0 Å². The van der Waals surface area contributed by atoms with Crippen molar-refractivity contribution < 1.29 is 4.92 Å². The lowest BCUT2D eigenvalue weighted by Crippen LogP contribution is -1.99. The minimum atomic E-state index is -0.473. The predicted octanol–water partition coefficient (Wildman–Crippen LogP) is 3.28. The molecule has 0 fully saturated rings. The number of aryl methyl sites for hydroxylation is 1. The van der Waals surface area contributed by atoms with Crippen molar-refractivity contribution in [2.45, 2.75) is 6.92 Å². The number of hydrogen-bond donors (Lipinski definition) is 2.